The van der Waals surface area contributed by atoms with E-state index in [1.807, 2.05) is 36.2 Å². The molecule has 2 aliphatic rings. The summed E-state index contributed by atoms with van der Waals surface area (Å²) in [6.45, 7) is 3.00. The number of thioether (sulfide) groups is 1. The molecule has 0 amide bonds. The largest absolute Gasteiger partial charge is 0.467 e. The number of hydrogen-bond acceptors (Lipinski definition) is 5. The number of nitrogens with zero attached hydrogens (tertiary/aromatic N) is 4. The standard InChI is InChI=1S/C21H22N4OS/c1-2-15-14-27-21-23-19(17-8-3-4-10-22-17)20(25(15)21)18-9-5-11-24(18)13-16-7-6-12-26-16/h3-12,15,19-20H,2,13-14H2,1H3/t15-,19-,20+/m1/s1. The smallest absolute Gasteiger partial charge is 0.160 e. The third kappa shape index (κ3) is 2.88. The summed E-state index contributed by atoms with van der Waals surface area (Å²) in [6.07, 6.45) is 6.85. The molecule has 0 radical (unpaired) electrons. The molecule has 1 fully saturated rings. The minimum absolute atomic E-state index is 0.0216. The van der Waals surface area contributed by atoms with Gasteiger partial charge in [0.1, 0.15) is 11.8 Å². The molecule has 27 heavy (non-hydrogen) atoms. The maximum absolute atomic E-state index is 5.59. The van der Waals surface area contributed by atoms with Gasteiger partial charge in [-0.2, -0.15) is 0 Å². The first-order valence-electron chi connectivity index (χ1n) is 9.42. The van der Waals surface area contributed by atoms with Gasteiger partial charge < -0.3 is 13.9 Å². The predicted molar refractivity (Wildman–Crippen MR) is 108 cm³/mol. The van der Waals surface area contributed by atoms with Crippen LogP contribution in [0.3, 0.4) is 0 Å². The summed E-state index contributed by atoms with van der Waals surface area (Å²) >= 11 is 1.88. The number of amidine groups is 1. The van der Waals surface area contributed by atoms with Gasteiger partial charge in [-0.1, -0.05) is 24.8 Å². The molecule has 3 atom stereocenters. The van der Waals surface area contributed by atoms with Crippen LogP contribution in [-0.4, -0.2) is 31.4 Å². The second kappa shape index (κ2) is 6.93. The molecule has 5 heterocycles. The second-order valence-electron chi connectivity index (χ2n) is 6.98. The van der Waals surface area contributed by atoms with Crippen LogP contribution in [0.2, 0.25) is 0 Å². The zero-order valence-corrected chi connectivity index (χ0v) is 16.0. The van der Waals surface area contributed by atoms with Crippen molar-refractivity contribution in [2.45, 2.75) is 38.0 Å². The highest BCUT2D eigenvalue weighted by Crippen LogP contribution is 2.48. The number of fused-ring (bicyclic) bond motifs is 1. The van der Waals surface area contributed by atoms with Crippen LogP contribution >= 0.6 is 11.8 Å². The third-order valence-electron chi connectivity index (χ3n) is 5.40. The van der Waals surface area contributed by atoms with Crippen molar-refractivity contribution in [3.63, 3.8) is 0 Å². The normalized spacial score (nSPS) is 24.3. The van der Waals surface area contributed by atoms with Crippen molar-refractivity contribution >= 4 is 16.9 Å². The summed E-state index contributed by atoms with van der Waals surface area (Å²) in [6, 6.07) is 15.1. The molecule has 2 aliphatic heterocycles. The van der Waals surface area contributed by atoms with Crippen LogP contribution in [0.15, 0.2) is 70.5 Å². The Hall–Kier alpha value is -2.47. The number of rotatable bonds is 5. The number of aromatic nitrogens is 2. The van der Waals surface area contributed by atoms with Crippen LogP contribution in [0.1, 0.15) is 42.6 Å². The lowest BCUT2D eigenvalue weighted by Crippen LogP contribution is -2.36. The van der Waals surface area contributed by atoms with Gasteiger partial charge in [0.25, 0.3) is 0 Å². The van der Waals surface area contributed by atoms with Gasteiger partial charge in [0.2, 0.25) is 0 Å². The molecular formula is C21H22N4OS. The third-order valence-corrected chi connectivity index (χ3v) is 6.53. The van der Waals surface area contributed by atoms with E-state index in [1.54, 1.807) is 6.26 Å². The lowest BCUT2D eigenvalue weighted by Gasteiger charge is -2.32. The molecule has 6 heteroatoms. The fourth-order valence-corrected chi connectivity index (χ4v) is 5.42. The van der Waals surface area contributed by atoms with Crippen LogP contribution in [0.4, 0.5) is 0 Å². The quantitative estimate of drug-likeness (QED) is 0.656. The number of hydrogen-bond donors (Lipinski definition) is 0. The van der Waals surface area contributed by atoms with E-state index in [4.69, 9.17) is 9.41 Å². The van der Waals surface area contributed by atoms with E-state index in [9.17, 15) is 0 Å². The Morgan fingerprint density at radius 3 is 2.93 bits per heavy atom. The van der Waals surface area contributed by atoms with E-state index in [0.717, 1.165) is 35.3 Å². The highest BCUT2D eigenvalue weighted by molar-refractivity contribution is 8.14. The van der Waals surface area contributed by atoms with Crippen LogP contribution in [0.25, 0.3) is 0 Å². The molecule has 0 saturated carbocycles. The van der Waals surface area contributed by atoms with Crippen molar-refractivity contribution in [1.29, 1.82) is 0 Å². The Morgan fingerprint density at radius 2 is 2.15 bits per heavy atom. The summed E-state index contributed by atoms with van der Waals surface area (Å²) in [5.41, 5.74) is 2.30. The molecule has 138 valence electrons. The molecule has 5 nitrogen and oxygen atoms in total. The minimum Gasteiger partial charge on any atom is -0.467 e. The molecule has 0 bridgehead atoms. The van der Waals surface area contributed by atoms with Crippen LogP contribution < -0.4 is 0 Å². The van der Waals surface area contributed by atoms with E-state index < -0.39 is 0 Å². The Morgan fingerprint density at radius 1 is 1.19 bits per heavy atom. The Bertz CT molecular complexity index is 934. The van der Waals surface area contributed by atoms with Gasteiger partial charge in [0.15, 0.2) is 5.17 Å². The van der Waals surface area contributed by atoms with Crippen molar-refractivity contribution < 1.29 is 4.42 Å². The first kappa shape index (κ1) is 16.7. The maximum atomic E-state index is 5.59. The molecule has 3 aromatic heterocycles. The van der Waals surface area contributed by atoms with E-state index in [2.05, 4.69) is 51.8 Å². The Labute approximate surface area is 163 Å². The van der Waals surface area contributed by atoms with Crippen LogP contribution in [-0.2, 0) is 6.54 Å². The van der Waals surface area contributed by atoms with Gasteiger partial charge >= 0.3 is 0 Å². The van der Waals surface area contributed by atoms with Crippen LogP contribution in [0, 0.1) is 0 Å². The van der Waals surface area contributed by atoms with Crippen molar-refractivity contribution in [2.75, 3.05) is 5.75 Å². The first-order valence-corrected chi connectivity index (χ1v) is 10.4. The van der Waals surface area contributed by atoms with Crippen molar-refractivity contribution in [3.05, 3.63) is 78.3 Å². The lowest BCUT2D eigenvalue weighted by molar-refractivity contribution is 0.245. The minimum atomic E-state index is 0.0216. The monoisotopic (exact) mass is 378 g/mol. The molecular weight excluding hydrogens is 356 g/mol. The summed E-state index contributed by atoms with van der Waals surface area (Å²) in [5, 5.41) is 1.16. The molecule has 5 rings (SSSR count). The molecule has 0 aromatic carbocycles. The molecule has 0 unspecified atom stereocenters. The predicted octanol–water partition coefficient (Wildman–Crippen LogP) is 4.50. The van der Waals surface area contributed by atoms with E-state index in [1.165, 1.54) is 5.69 Å². The lowest BCUT2D eigenvalue weighted by atomic mass is 9.99. The van der Waals surface area contributed by atoms with E-state index in [0.29, 0.717) is 6.04 Å². The van der Waals surface area contributed by atoms with Crippen molar-refractivity contribution in [3.8, 4) is 0 Å². The molecule has 0 aliphatic carbocycles. The molecule has 0 spiro atoms. The van der Waals surface area contributed by atoms with E-state index in [-0.39, 0.29) is 12.1 Å². The fraction of sp³-hybridized carbons (Fsp3) is 0.333. The number of pyridine rings is 1. The Balaban J connectivity index is 1.56. The van der Waals surface area contributed by atoms with Crippen LogP contribution in [0.5, 0.6) is 0 Å². The van der Waals surface area contributed by atoms with Gasteiger partial charge in [-0.05, 0) is 42.8 Å². The summed E-state index contributed by atoms with van der Waals surface area (Å²) in [4.78, 5) is 12.3. The number of furan rings is 1. The van der Waals surface area contributed by atoms with Gasteiger partial charge in [0, 0.05) is 29.9 Å². The van der Waals surface area contributed by atoms with Crippen molar-refractivity contribution in [2.24, 2.45) is 4.99 Å². The van der Waals surface area contributed by atoms with Gasteiger partial charge in [0.05, 0.1) is 24.5 Å². The summed E-state index contributed by atoms with van der Waals surface area (Å²) in [7, 11) is 0. The topological polar surface area (TPSA) is 46.6 Å². The highest BCUT2D eigenvalue weighted by atomic mass is 32.2. The zero-order chi connectivity index (χ0) is 18.2. The summed E-state index contributed by atoms with van der Waals surface area (Å²) < 4.78 is 7.87. The molecule has 1 saturated heterocycles. The first-order chi connectivity index (χ1) is 13.3. The molecule has 0 N–H and O–H groups in total. The zero-order valence-electron chi connectivity index (χ0n) is 15.2. The number of aliphatic imine (C=N–C) groups is 1. The maximum Gasteiger partial charge on any atom is 0.160 e. The second-order valence-corrected chi connectivity index (χ2v) is 7.96. The molecule has 3 aromatic rings. The average molecular weight is 379 g/mol. The van der Waals surface area contributed by atoms with Gasteiger partial charge in [-0.3, -0.25) is 9.98 Å². The SMILES string of the molecule is CC[C@@H]1CSC2=N[C@H](c3ccccn3)[C@H](c3cccn3Cc3ccco3)N21. The average Bonchev–Trinajstić information content (AvgIpc) is 3.47. The van der Waals surface area contributed by atoms with E-state index >= 15 is 0 Å². The Kier molecular flexibility index (Phi) is 4.28. The summed E-state index contributed by atoms with van der Waals surface area (Å²) in [5.74, 6) is 2.07. The van der Waals surface area contributed by atoms with Gasteiger partial charge in [-0.15, -0.1) is 0 Å². The fourth-order valence-electron chi connectivity index (χ4n) is 4.08. The van der Waals surface area contributed by atoms with Crippen molar-refractivity contribution in [1.82, 2.24) is 14.5 Å². The van der Waals surface area contributed by atoms with Gasteiger partial charge in [-0.25, -0.2) is 0 Å². The highest BCUT2D eigenvalue weighted by Gasteiger charge is 2.46.